The molecule has 0 aromatic carbocycles. The summed E-state index contributed by atoms with van der Waals surface area (Å²) in [7, 11) is 0. The van der Waals surface area contributed by atoms with Gasteiger partial charge < -0.3 is 4.98 Å². The molecular weight excluding hydrogens is 198 g/mol. The molecule has 88 valence electrons. The van der Waals surface area contributed by atoms with E-state index in [9.17, 15) is 4.79 Å². The second kappa shape index (κ2) is 4.08. The van der Waals surface area contributed by atoms with Gasteiger partial charge in [-0.05, 0) is 42.2 Å². The first kappa shape index (κ1) is 11.4. The lowest BCUT2D eigenvalue weighted by Gasteiger charge is -2.28. The van der Waals surface area contributed by atoms with Crippen LogP contribution in [0.15, 0.2) is 10.9 Å². The number of hydrogen-bond acceptors (Lipinski definition) is 1. The minimum Gasteiger partial charge on any atom is -0.325 e. The van der Waals surface area contributed by atoms with Crippen molar-refractivity contribution in [1.29, 1.82) is 0 Å². The van der Waals surface area contributed by atoms with Crippen LogP contribution in [0.1, 0.15) is 62.8 Å². The van der Waals surface area contributed by atoms with Crippen LogP contribution in [0, 0.1) is 5.92 Å². The lowest BCUT2D eigenvalue weighted by atomic mass is 9.79. The molecule has 0 saturated heterocycles. The van der Waals surface area contributed by atoms with E-state index in [2.05, 4.69) is 38.7 Å². The first-order valence-corrected chi connectivity index (χ1v) is 6.26. The highest BCUT2D eigenvalue weighted by Gasteiger charge is 2.24. The number of fused-ring (bicyclic) bond motifs is 1. The summed E-state index contributed by atoms with van der Waals surface area (Å²) in [6.07, 6.45) is 2.34. The predicted molar refractivity (Wildman–Crippen MR) is 67.1 cm³/mol. The van der Waals surface area contributed by atoms with Gasteiger partial charge in [0.2, 0.25) is 0 Å². The average Bonchev–Trinajstić information content (AvgIpc) is 2.23. The van der Waals surface area contributed by atoms with Crippen LogP contribution in [0.25, 0.3) is 0 Å². The van der Waals surface area contributed by atoms with Crippen molar-refractivity contribution in [2.45, 2.75) is 52.4 Å². The number of aromatic nitrogens is 1. The van der Waals surface area contributed by atoms with Crippen molar-refractivity contribution < 1.29 is 0 Å². The summed E-state index contributed by atoms with van der Waals surface area (Å²) in [6, 6.07) is 2.13. The highest BCUT2D eigenvalue weighted by Crippen LogP contribution is 2.34. The molecule has 1 heterocycles. The molecule has 0 spiro atoms. The molecule has 1 aromatic heterocycles. The van der Waals surface area contributed by atoms with Gasteiger partial charge in [-0.1, -0.05) is 27.7 Å². The van der Waals surface area contributed by atoms with E-state index in [0.717, 1.165) is 12.0 Å². The monoisotopic (exact) mass is 219 g/mol. The van der Waals surface area contributed by atoms with Crippen LogP contribution in [-0.2, 0) is 6.42 Å². The quantitative estimate of drug-likeness (QED) is 0.773. The summed E-state index contributed by atoms with van der Waals surface area (Å²) in [5.41, 5.74) is 3.57. The van der Waals surface area contributed by atoms with E-state index in [0.29, 0.717) is 17.8 Å². The van der Waals surface area contributed by atoms with Crippen LogP contribution in [0.5, 0.6) is 0 Å². The topological polar surface area (TPSA) is 32.9 Å². The third-order valence-corrected chi connectivity index (χ3v) is 3.99. The maximum atomic E-state index is 11.9. The lowest BCUT2D eigenvalue weighted by molar-refractivity contribution is 0.415. The molecule has 0 amide bonds. The number of aryl methyl sites for hydroxylation is 1. The van der Waals surface area contributed by atoms with E-state index < -0.39 is 0 Å². The first-order valence-electron chi connectivity index (χ1n) is 6.26. The molecule has 0 radical (unpaired) electrons. The number of H-pyrrole nitrogens is 1. The molecule has 2 atom stereocenters. The summed E-state index contributed by atoms with van der Waals surface area (Å²) < 4.78 is 0. The van der Waals surface area contributed by atoms with Gasteiger partial charge in [-0.15, -0.1) is 0 Å². The Labute approximate surface area is 97.1 Å². The van der Waals surface area contributed by atoms with Crippen molar-refractivity contribution >= 4 is 0 Å². The summed E-state index contributed by atoms with van der Waals surface area (Å²) in [5.74, 6) is 1.47. The van der Waals surface area contributed by atoms with Crippen LogP contribution in [0.2, 0.25) is 0 Å². The second-order valence-corrected chi connectivity index (χ2v) is 5.45. The molecule has 0 bridgehead atoms. The highest BCUT2D eigenvalue weighted by atomic mass is 16.1. The molecule has 1 aliphatic rings. The van der Waals surface area contributed by atoms with Crippen LogP contribution in [-0.4, -0.2) is 4.98 Å². The van der Waals surface area contributed by atoms with Crippen molar-refractivity contribution in [3.05, 3.63) is 33.2 Å². The number of hydrogen-bond donors (Lipinski definition) is 1. The molecule has 1 aromatic rings. The fourth-order valence-electron chi connectivity index (χ4n) is 2.57. The molecule has 1 aliphatic carbocycles. The molecule has 1 N–H and O–H groups in total. The number of aromatic amines is 1. The lowest BCUT2D eigenvalue weighted by Crippen LogP contribution is -2.24. The zero-order valence-electron chi connectivity index (χ0n) is 10.6. The molecule has 0 saturated carbocycles. The predicted octanol–water partition coefficient (Wildman–Crippen LogP) is 3.18. The Hall–Kier alpha value is -1.05. The normalized spacial score (nSPS) is 24.6. The fourth-order valence-corrected chi connectivity index (χ4v) is 2.57. The van der Waals surface area contributed by atoms with E-state index in [1.807, 2.05) is 0 Å². The average molecular weight is 219 g/mol. The summed E-state index contributed by atoms with van der Waals surface area (Å²) >= 11 is 0. The van der Waals surface area contributed by atoms with Crippen molar-refractivity contribution in [2.24, 2.45) is 5.92 Å². The summed E-state index contributed by atoms with van der Waals surface area (Å²) in [5, 5.41) is 0. The fraction of sp³-hybridized carbons (Fsp3) is 0.643. The Balaban J connectivity index is 2.53. The SMILES string of the molecule is CC(C)c1cc2c([nH]c1=O)C(C)C(C)CC2. The van der Waals surface area contributed by atoms with Gasteiger partial charge in [0.15, 0.2) is 0 Å². The Bertz CT molecular complexity index is 445. The van der Waals surface area contributed by atoms with Crippen molar-refractivity contribution in [3.8, 4) is 0 Å². The number of rotatable bonds is 1. The molecule has 0 fully saturated rings. The Kier molecular flexibility index (Phi) is 2.92. The molecule has 2 unspecified atom stereocenters. The van der Waals surface area contributed by atoms with Crippen molar-refractivity contribution in [2.75, 3.05) is 0 Å². The standard InChI is InChI=1S/C14H21NO/c1-8(2)12-7-11-6-5-9(3)10(4)13(11)15-14(12)16/h7-10H,5-6H2,1-4H3,(H,15,16). The maximum Gasteiger partial charge on any atom is 0.251 e. The number of nitrogens with one attached hydrogen (secondary N) is 1. The zero-order chi connectivity index (χ0) is 11.9. The van der Waals surface area contributed by atoms with Gasteiger partial charge in [0.05, 0.1) is 0 Å². The van der Waals surface area contributed by atoms with E-state index >= 15 is 0 Å². The summed E-state index contributed by atoms with van der Waals surface area (Å²) in [6.45, 7) is 8.63. The van der Waals surface area contributed by atoms with E-state index in [1.54, 1.807) is 0 Å². The van der Waals surface area contributed by atoms with Gasteiger partial charge in [0, 0.05) is 11.3 Å². The summed E-state index contributed by atoms with van der Waals surface area (Å²) in [4.78, 5) is 15.0. The van der Waals surface area contributed by atoms with Gasteiger partial charge in [0.25, 0.3) is 5.56 Å². The highest BCUT2D eigenvalue weighted by molar-refractivity contribution is 5.31. The zero-order valence-corrected chi connectivity index (χ0v) is 10.6. The van der Waals surface area contributed by atoms with Crippen molar-refractivity contribution in [3.63, 3.8) is 0 Å². The molecule has 2 nitrogen and oxygen atoms in total. The van der Waals surface area contributed by atoms with E-state index in [1.165, 1.54) is 17.7 Å². The minimum atomic E-state index is 0.106. The maximum absolute atomic E-state index is 11.9. The first-order chi connectivity index (χ1) is 7.50. The molecule has 2 heteroatoms. The van der Waals surface area contributed by atoms with Crippen LogP contribution >= 0.6 is 0 Å². The van der Waals surface area contributed by atoms with Gasteiger partial charge in [-0.2, -0.15) is 0 Å². The van der Waals surface area contributed by atoms with Gasteiger partial charge >= 0.3 is 0 Å². The van der Waals surface area contributed by atoms with E-state index in [4.69, 9.17) is 0 Å². The van der Waals surface area contributed by atoms with Crippen LogP contribution < -0.4 is 5.56 Å². The van der Waals surface area contributed by atoms with E-state index in [-0.39, 0.29) is 5.56 Å². The Morgan fingerprint density at radius 3 is 2.69 bits per heavy atom. The van der Waals surface area contributed by atoms with Crippen LogP contribution in [0.4, 0.5) is 0 Å². The van der Waals surface area contributed by atoms with Crippen molar-refractivity contribution in [1.82, 2.24) is 4.98 Å². The third kappa shape index (κ3) is 1.81. The smallest absolute Gasteiger partial charge is 0.251 e. The molecular formula is C14H21NO. The third-order valence-electron chi connectivity index (χ3n) is 3.99. The second-order valence-electron chi connectivity index (χ2n) is 5.45. The van der Waals surface area contributed by atoms with Gasteiger partial charge in [-0.25, -0.2) is 0 Å². The molecule has 0 aliphatic heterocycles. The molecule has 2 rings (SSSR count). The molecule has 16 heavy (non-hydrogen) atoms. The van der Waals surface area contributed by atoms with Crippen LogP contribution in [0.3, 0.4) is 0 Å². The van der Waals surface area contributed by atoms with Gasteiger partial charge in [0.1, 0.15) is 0 Å². The Morgan fingerprint density at radius 2 is 2.06 bits per heavy atom. The Morgan fingerprint density at radius 1 is 1.38 bits per heavy atom. The number of pyridine rings is 1. The van der Waals surface area contributed by atoms with Gasteiger partial charge in [-0.3, -0.25) is 4.79 Å². The minimum absolute atomic E-state index is 0.106. The largest absolute Gasteiger partial charge is 0.325 e.